The Morgan fingerprint density at radius 1 is 1.12 bits per heavy atom. The van der Waals surface area contributed by atoms with Crippen molar-refractivity contribution in [1.82, 2.24) is 4.90 Å². The minimum atomic E-state index is -0.352. The molecule has 0 aliphatic rings. The van der Waals surface area contributed by atoms with Crippen molar-refractivity contribution < 1.29 is 9.84 Å². The standard InChI is InChI=1S/C13H29NO2/c1-4-5-6-7-8-9-10-14(2)11-13(15)12-16-3/h13,15H,4-12H2,1-3H3. The first kappa shape index (κ1) is 15.9. The molecule has 0 spiro atoms. The Morgan fingerprint density at radius 3 is 2.38 bits per heavy atom. The summed E-state index contributed by atoms with van der Waals surface area (Å²) in [5.41, 5.74) is 0. The van der Waals surface area contributed by atoms with E-state index in [9.17, 15) is 5.11 Å². The van der Waals surface area contributed by atoms with Crippen molar-refractivity contribution in [2.75, 3.05) is 33.9 Å². The van der Waals surface area contributed by atoms with Gasteiger partial charge in [-0.2, -0.15) is 0 Å². The second-order valence-corrected chi connectivity index (χ2v) is 4.64. The number of unbranched alkanes of at least 4 members (excludes halogenated alkanes) is 5. The first-order chi connectivity index (χ1) is 7.70. The SMILES string of the molecule is CCCCCCCCN(C)CC(O)COC. The fraction of sp³-hybridized carbons (Fsp3) is 1.00. The van der Waals surface area contributed by atoms with Gasteiger partial charge in [0.15, 0.2) is 0 Å². The quantitative estimate of drug-likeness (QED) is 0.554. The summed E-state index contributed by atoms with van der Waals surface area (Å²) < 4.78 is 4.90. The van der Waals surface area contributed by atoms with E-state index in [1.807, 2.05) is 0 Å². The highest BCUT2D eigenvalue weighted by Crippen LogP contribution is 2.05. The van der Waals surface area contributed by atoms with E-state index >= 15 is 0 Å². The summed E-state index contributed by atoms with van der Waals surface area (Å²) in [6.07, 6.45) is 7.58. The number of hydrogen-bond acceptors (Lipinski definition) is 3. The number of nitrogens with zero attached hydrogens (tertiary/aromatic N) is 1. The Bertz CT molecular complexity index is 142. The van der Waals surface area contributed by atoms with E-state index in [0.29, 0.717) is 13.2 Å². The van der Waals surface area contributed by atoms with E-state index in [-0.39, 0.29) is 6.10 Å². The molecule has 0 aliphatic heterocycles. The molecule has 3 heteroatoms. The van der Waals surface area contributed by atoms with Gasteiger partial charge < -0.3 is 14.7 Å². The molecule has 0 aromatic rings. The normalized spacial score (nSPS) is 13.3. The highest BCUT2D eigenvalue weighted by atomic mass is 16.5. The number of methoxy groups -OCH3 is 1. The van der Waals surface area contributed by atoms with Gasteiger partial charge in [0.1, 0.15) is 0 Å². The number of ether oxygens (including phenoxy) is 1. The number of aliphatic hydroxyl groups is 1. The molecular formula is C13H29NO2. The third kappa shape index (κ3) is 10.4. The van der Waals surface area contributed by atoms with Crippen LogP contribution in [0.4, 0.5) is 0 Å². The maximum absolute atomic E-state index is 9.53. The first-order valence-corrected chi connectivity index (χ1v) is 6.56. The zero-order valence-corrected chi connectivity index (χ0v) is 11.2. The molecule has 0 saturated carbocycles. The number of rotatable bonds is 11. The molecule has 1 N–H and O–H groups in total. The van der Waals surface area contributed by atoms with Crippen molar-refractivity contribution in [2.45, 2.75) is 51.6 Å². The summed E-state index contributed by atoms with van der Waals surface area (Å²) in [6.45, 7) is 4.46. The topological polar surface area (TPSA) is 32.7 Å². The summed E-state index contributed by atoms with van der Waals surface area (Å²) in [5.74, 6) is 0. The van der Waals surface area contributed by atoms with Crippen LogP contribution < -0.4 is 0 Å². The van der Waals surface area contributed by atoms with Crippen LogP contribution in [-0.4, -0.2) is 50.0 Å². The fourth-order valence-corrected chi connectivity index (χ4v) is 1.86. The third-order valence-corrected chi connectivity index (χ3v) is 2.77. The minimum absolute atomic E-state index is 0.352. The molecule has 0 aliphatic carbocycles. The van der Waals surface area contributed by atoms with E-state index < -0.39 is 0 Å². The van der Waals surface area contributed by atoms with Crippen molar-refractivity contribution in [3.05, 3.63) is 0 Å². The van der Waals surface area contributed by atoms with Gasteiger partial charge >= 0.3 is 0 Å². The van der Waals surface area contributed by atoms with Crippen LogP contribution in [0.1, 0.15) is 45.4 Å². The van der Waals surface area contributed by atoms with E-state index in [2.05, 4.69) is 18.9 Å². The molecule has 98 valence electrons. The average molecular weight is 231 g/mol. The molecule has 0 rings (SSSR count). The number of aliphatic hydroxyl groups excluding tert-OH is 1. The number of likely N-dealkylation sites (N-methyl/N-ethyl adjacent to an activating group) is 1. The Balaban J connectivity index is 3.26. The maximum atomic E-state index is 9.53. The molecule has 0 aromatic carbocycles. The average Bonchev–Trinajstić information content (AvgIpc) is 2.23. The molecule has 0 heterocycles. The van der Waals surface area contributed by atoms with Crippen LogP contribution in [0.25, 0.3) is 0 Å². The summed E-state index contributed by atoms with van der Waals surface area (Å²) in [7, 11) is 3.68. The van der Waals surface area contributed by atoms with Gasteiger partial charge in [-0.15, -0.1) is 0 Å². The van der Waals surface area contributed by atoms with Crippen LogP contribution in [0.5, 0.6) is 0 Å². The Hall–Kier alpha value is -0.120. The van der Waals surface area contributed by atoms with Gasteiger partial charge in [0.25, 0.3) is 0 Å². The Kier molecular flexibility index (Phi) is 11.3. The van der Waals surface area contributed by atoms with Crippen LogP contribution in [0.15, 0.2) is 0 Å². The number of hydrogen-bond donors (Lipinski definition) is 1. The van der Waals surface area contributed by atoms with Gasteiger partial charge in [-0.25, -0.2) is 0 Å². The zero-order valence-electron chi connectivity index (χ0n) is 11.2. The molecule has 0 bridgehead atoms. The van der Waals surface area contributed by atoms with Crippen LogP contribution >= 0.6 is 0 Å². The first-order valence-electron chi connectivity index (χ1n) is 6.56. The summed E-state index contributed by atoms with van der Waals surface area (Å²) in [6, 6.07) is 0. The van der Waals surface area contributed by atoms with Crippen LogP contribution in [0, 0.1) is 0 Å². The lowest BCUT2D eigenvalue weighted by molar-refractivity contribution is 0.0430. The summed E-state index contributed by atoms with van der Waals surface area (Å²) in [5, 5.41) is 9.53. The molecule has 1 atom stereocenters. The molecule has 3 nitrogen and oxygen atoms in total. The van der Waals surface area contributed by atoms with Crippen molar-refractivity contribution in [1.29, 1.82) is 0 Å². The van der Waals surface area contributed by atoms with Gasteiger partial charge in [0.05, 0.1) is 12.7 Å². The lowest BCUT2D eigenvalue weighted by Gasteiger charge is -2.19. The van der Waals surface area contributed by atoms with Crippen LogP contribution in [0.2, 0.25) is 0 Å². The molecular weight excluding hydrogens is 202 g/mol. The predicted octanol–water partition coefficient (Wildman–Crippen LogP) is 2.29. The van der Waals surface area contributed by atoms with Gasteiger partial charge in [0.2, 0.25) is 0 Å². The molecule has 1 unspecified atom stereocenters. The van der Waals surface area contributed by atoms with E-state index in [1.165, 1.54) is 38.5 Å². The largest absolute Gasteiger partial charge is 0.389 e. The molecule has 0 saturated heterocycles. The monoisotopic (exact) mass is 231 g/mol. The van der Waals surface area contributed by atoms with Gasteiger partial charge in [0, 0.05) is 13.7 Å². The fourth-order valence-electron chi connectivity index (χ4n) is 1.86. The van der Waals surface area contributed by atoms with E-state index in [4.69, 9.17) is 4.74 Å². The highest BCUT2D eigenvalue weighted by Gasteiger charge is 2.06. The lowest BCUT2D eigenvalue weighted by atomic mass is 10.1. The second-order valence-electron chi connectivity index (χ2n) is 4.64. The second kappa shape index (κ2) is 11.4. The molecule has 16 heavy (non-hydrogen) atoms. The Labute approximate surface area is 101 Å². The van der Waals surface area contributed by atoms with E-state index in [1.54, 1.807) is 7.11 Å². The molecule has 0 fully saturated rings. The molecule has 0 aromatic heterocycles. The summed E-state index contributed by atoms with van der Waals surface area (Å²) in [4.78, 5) is 2.18. The zero-order chi connectivity index (χ0) is 12.2. The molecule has 0 radical (unpaired) electrons. The molecule has 0 amide bonds. The van der Waals surface area contributed by atoms with E-state index in [0.717, 1.165) is 6.54 Å². The van der Waals surface area contributed by atoms with Crippen LogP contribution in [-0.2, 0) is 4.74 Å². The van der Waals surface area contributed by atoms with Gasteiger partial charge in [-0.3, -0.25) is 0 Å². The van der Waals surface area contributed by atoms with Gasteiger partial charge in [-0.1, -0.05) is 39.0 Å². The van der Waals surface area contributed by atoms with Crippen molar-refractivity contribution >= 4 is 0 Å². The smallest absolute Gasteiger partial charge is 0.0899 e. The van der Waals surface area contributed by atoms with Crippen molar-refractivity contribution in [3.8, 4) is 0 Å². The minimum Gasteiger partial charge on any atom is -0.389 e. The lowest BCUT2D eigenvalue weighted by Crippen LogP contribution is -2.32. The third-order valence-electron chi connectivity index (χ3n) is 2.77. The van der Waals surface area contributed by atoms with Gasteiger partial charge in [-0.05, 0) is 20.0 Å². The predicted molar refractivity (Wildman–Crippen MR) is 68.8 cm³/mol. The summed E-state index contributed by atoms with van der Waals surface area (Å²) >= 11 is 0. The van der Waals surface area contributed by atoms with Crippen LogP contribution in [0.3, 0.4) is 0 Å². The van der Waals surface area contributed by atoms with Crippen molar-refractivity contribution in [3.63, 3.8) is 0 Å². The maximum Gasteiger partial charge on any atom is 0.0899 e. The highest BCUT2D eigenvalue weighted by molar-refractivity contribution is 4.60. The Morgan fingerprint density at radius 2 is 1.75 bits per heavy atom. The van der Waals surface area contributed by atoms with Crippen molar-refractivity contribution in [2.24, 2.45) is 0 Å².